The number of aromatic nitrogens is 1. The molecule has 1 aromatic heterocycles. The van der Waals surface area contributed by atoms with E-state index < -0.39 is 0 Å². The molecule has 0 N–H and O–H groups in total. The number of benzene rings is 2. The van der Waals surface area contributed by atoms with E-state index in [9.17, 15) is 0 Å². The second-order valence-corrected chi connectivity index (χ2v) is 6.84. The molecule has 2 aliphatic rings. The van der Waals surface area contributed by atoms with Gasteiger partial charge in [0, 0.05) is 16.6 Å². The molecule has 0 unspecified atom stereocenters. The van der Waals surface area contributed by atoms with Gasteiger partial charge in [-0.25, -0.2) is 0 Å². The Morgan fingerprint density at radius 1 is 0.720 bits per heavy atom. The largest absolute Gasteiger partial charge is 0.309 e. The Morgan fingerprint density at radius 3 is 2.36 bits per heavy atom. The molecule has 1 nitrogen and oxygen atoms in total. The Morgan fingerprint density at radius 2 is 1.48 bits per heavy atom. The van der Waals surface area contributed by atoms with E-state index in [1.807, 2.05) is 0 Å². The van der Waals surface area contributed by atoms with Gasteiger partial charge in [0.1, 0.15) is 0 Å². The van der Waals surface area contributed by atoms with Crippen molar-refractivity contribution < 1.29 is 0 Å². The Kier molecular flexibility index (Phi) is 3.45. The normalized spacial score (nSPS) is 19.0. The van der Waals surface area contributed by atoms with Gasteiger partial charge in [0.15, 0.2) is 0 Å². The lowest BCUT2D eigenvalue weighted by Crippen LogP contribution is -2.07. The molecule has 2 aromatic carbocycles. The number of allylic oxidation sites excluding steroid dienone is 6. The minimum atomic E-state index is 1.12. The fraction of sp³-hybridized carbons (Fsp3) is 0.167. The summed E-state index contributed by atoms with van der Waals surface area (Å²) in [5, 5.41) is 1.40. The maximum atomic E-state index is 2.46. The summed E-state index contributed by atoms with van der Waals surface area (Å²) < 4.78 is 2.46. The molecule has 2 aliphatic carbocycles. The third kappa shape index (κ3) is 2.31. The van der Waals surface area contributed by atoms with Gasteiger partial charge in [-0.2, -0.15) is 0 Å². The summed E-state index contributed by atoms with van der Waals surface area (Å²) >= 11 is 0. The monoisotopic (exact) mass is 323 g/mol. The van der Waals surface area contributed by atoms with E-state index in [0.29, 0.717) is 0 Å². The van der Waals surface area contributed by atoms with Crippen LogP contribution in [0.3, 0.4) is 0 Å². The first-order chi connectivity index (χ1) is 12.4. The molecule has 0 amide bonds. The van der Waals surface area contributed by atoms with Gasteiger partial charge in [-0.15, -0.1) is 0 Å². The second-order valence-electron chi connectivity index (χ2n) is 6.84. The van der Waals surface area contributed by atoms with Crippen LogP contribution in [-0.4, -0.2) is 4.57 Å². The average Bonchev–Trinajstić information content (AvgIpc) is 2.97. The van der Waals surface area contributed by atoms with Gasteiger partial charge in [-0.3, -0.25) is 0 Å². The molecular formula is C24H21N. The van der Waals surface area contributed by atoms with Crippen LogP contribution in [-0.2, 0) is 6.42 Å². The van der Waals surface area contributed by atoms with E-state index in [1.165, 1.54) is 39.0 Å². The fourth-order valence-corrected chi connectivity index (χ4v) is 4.21. The van der Waals surface area contributed by atoms with Gasteiger partial charge in [-0.1, -0.05) is 60.7 Å². The number of para-hydroxylation sites is 2. The summed E-state index contributed by atoms with van der Waals surface area (Å²) in [6, 6.07) is 19.6. The fourth-order valence-electron chi connectivity index (χ4n) is 4.21. The first kappa shape index (κ1) is 14.5. The van der Waals surface area contributed by atoms with Crippen LogP contribution in [0.2, 0.25) is 0 Å². The lowest BCUT2D eigenvalue weighted by atomic mass is 9.87. The van der Waals surface area contributed by atoms with Gasteiger partial charge in [0.2, 0.25) is 0 Å². The molecule has 25 heavy (non-hydrogen) atoms. The Balaban J connectivity index is 1.89. The standard InChI is InChI=1S/C24H21N/c1-2-7-13-20-18(10-4-1)16-17-22-21-14-8-9-15-23(21)25(24(20)22)19-11-5-3-6-12-19/h3-15H,1-2,16-17H2/b10-4-,13-7+. The van der Waals surface area contributed by atoms with E-state index in [-0.39, 0.29) is 0 Å². The molecule has 3 aromatic rings. The van der Waals surface area contributed by atoms with Crippen molar-refractivity contribution in [1.82, 2.24) is 4.57 Å². The van der Waals surface area contributed by atoms with E-state index >= 15 is 0 Å². The Labute approximate surface area is 148 Å². The lowest BCUT2D eigenvalue weighted by Gasteiger charge is -2.21. The highest BCUT2D eigenvalue weighted by Gasteiger charge is 2.25. The summed E-state index contributed by atoms with van der Waals surface area (Å²) in [6.45, 7) is 0. The number of fused-ring (bicyclic) bond motifs is 4. The van der Waals surface area contributed by atoms with Crippen molar-refractivity contribution in [1.29, 1.82) is 0 Å². The molecule has 0 bridgehead atoms. The van der Waals surface area contributed by atoms with Crippen LogP contribution < -0.4 is 0 Å². The number of aryl methyl sites for hydroxylation is 1. The number of hydrogen-bond donors (Lipinski definition) is 0. The first-order valence-electron chi connectivity index (χ1n) is 9.18. The summed E-state index contributed by atoms with van der Waals surface area (Å²) in [7, 11) is 0. The van der Waals surface area contributed by atoms with Crippen LogP contribution in [0.1, 0.15) is 30.5 Å². The number of hydrogen-bond acceptors (Lipinski definition) is 0. The zero-order chi connectivity index (χ0) is 16.6. The highest BCUT2D eigenvalue weighted by atomic mass is 15.0. The quantitative estimate of drug-likeness (QED) is 0.500. The SMILES string of the molecule is C1=C\C2=C(/C=C/CC/1)c1c(c3ccccc3n1-c1ccccc1)CC2. The van der Waals surface area contributed by atoms with Crippen LogP contribution >= 0.6 is 0 Å². The molecule has 122 valence electrons. The third-order valence-corrected chi connectivity index (χ3v) is 5.34. The average molecular weight is 323 g/mol. The van der Waals surface area contributed by atoms with Gasteiger partial charge in [0.25, 0.3) is 0 Å². The number of nitrogens with zero attached hydrogens (tertiary/aromatic N) is 1. The molecule has 0 fully saturated rings. The van der Waals surface area contributed by atoms with Crippen molar-refractivity contribution in [2.24, 2.45) is 0 Å². The molecule has 1 heteroatoms. The van der Waals surface area contributed by atoms with E-state index in [2.05, 4.69) is 83.5 Å². The Bertz CT molecular complexity index is 1030. The van der Waals surface area contributed by atoms with Crippen LogP contribution in [0.5, 0.6) is 0 Å². The first-order valence-corrected chi connectivity index (χ1v) is 9.18. The predicted molar refractivity (Wildman–Crippen MR) is 106 cm³/mol. The van der Waals surface area contributed by atoms with Gasteiger partial charge in [0.05, 0.1) is 11.2 Å². The van der Waals surface area contributed by atoms with Crippen LogP contribution in [0.25, 0.3) is 22.2 Å². The highest BCUT2D eigenvalue weighted by Crippen LogP contribution is 2.41. The summed E-state index contributed by atoms with van der Waals surface area (Å²) in [5.41, 5.74) is 8.31. The molecule has 0 spiro atoms. The van der Waals surface area contributed by atoms with Gasteiger partial charge in [-0.05, 0) is 55.0 Å². The van der Waals surface area contributed by atoms with E-state index in [4.69, 9.17) is 0 Å². The molecule has 0 aliphatic heterocycles. The van der Waals surface area contributed by atoms with Crippen molar-refractivity contribution in [3.8, 4) is 5.69 Å². The van der Waals surface area contributed by atoms with Crippen molar-refractivity contribution in [2.75, 3.05) is 0 Å². The maximum absolute atomic E-state index is 2.46. The molecular weight excluding hydrogens is 302 g/mol. The lowest BCUT2D eigenvalue weighted by molar-refractivity contribution is 0.920. The van der Waals surface area contributed by atoms with Crippen molar-refractivity contribution >= 4 is 16.5 Å². The van der Waals surface area contributed by atoms with Gasteiger partial charge < -0.3 is 4.57 Å². The van der Waals surface area contributed by atoms with Crippen LogP contribution in [0, 0.1) is 0 Å². The smallest absolute Gasteiger partial charge is 0.0575 e. The maximum Gasteiger partial charge on any atom is 0.0575 e. The summed E-state index contributed by atoms with van der Waals surface area (Å²) in [6.07, 6.45) is 13.9. The van der Waals surface area contributed by atoms with Crippen LogP contribution in [0.15, 0.2) is 84.5 Å². The van der Waals surface area contributed by atoms with Gasteiger partial charge >= 0.3 is 0 Å². The molecule has 0 atom stereocenters. The van der Waals surface area contributed by atoms with Crippen molar-refractivity contribution in [3.05, 3.63) is 95.7 Å². The highest BCUT2D eigenvalue weighted by molar-refractivity contribution is 5.95. The van der Waals surface area contributed by atoms with Crippen LogP contribution in [0.4, 0.5) is 0 Å². The minimum absolute atomic E-state index is 1.12. The zero-order valence-electron chi connectivity index (χ0n) is 14.3. The topological polar surface area (TPSA) is 4.93 Å². The molecule has 0 radical (unpaired) electrons. The number of rotatable bonds is 1. The molecule has 1 heterocycles. The Hall–Kier alpha value is -2.80. The summed E-state index contributed by atoms with van der Waals surface area (Å²) in [5.74, 6) is 0. The van der Waals surface area contributed by atoms with E-state index in [1.54, 1.807) is 0 Å². The molecule has 0 saturated carbocycles. The molecule has 0 saturated heterocycles. The zero-order valence-corrected chi connectivity index (χ0v) is 14.3. The third-order valence-electron chi connectivity index (χ3n) is 5.34. The van der Waals surface area contributed by atoms with E-state index in [0.717, 1.165) is 25.7 Å². The second kappa shape index (κ2) is 5.93. The summed E-state index contributed by atoms with van der Waals surface area (Å²) in [4.78, 5) is 0. The molecule has 5 rings (SSSR count). The minimum Gasteiger partial charge on any atom is -0.309 e. The predicted octanol–water partition coefficient (Wildman–Crippen LogP) is 6.24. The van der Waals surface area contributed by atoms with Crippen molar-refractivity contribution in [3.63, 3.8) is 0 Å². The van der Waals surface area contributed by atoms with Crippen molar-refractivity contribution in [2.45, 2.75) is 25.7 Å².